The predicted molar refractivity (Wildman–Crippen MR) is 90.6 cm³/mol. The third-order valence-electron chi connectivity index (χ3n) is 3.95. The van der Waals surface area contributed by atoms with E-state index in [4.69, 9.17) is 4.74 Å². The molecular weight excluding hydrogens is 306 g/mol. The van der Waals surface area contributed by atoms with Crippen LogP contribution in [0.1, 0.15) is 40.0 Å². The predicted octanol–water partition coefficient (Wildman–Crippen LogP) is 3.09. The minimum absolute atomic E-state index is 0.0161. The van der Waals surface area contributed by atoms with Gasteiger partial charge in [-0.25, -0.2) is 0 Å². The zero-order chi connectivity index (χ0) is 17.1. The number of carbonyl (C=O) groups is 1. The number of benzene rings is 1. The van der Waals surface area contributed by atoms with Crippen LogP contribution in [0.15, 0.2) is 29.3 Å². The fraction of sp³-hybridized carbons (Fsp3) is 0.412. The topological polar surface area (TPSA) is 92.8 Å². The number of H-pyrrole nitrogens is 1. The average molecular weight is 327 g/mol. The molecule has 7 nitrogen and oxygen atoms in total. The van der Waals surface area contributed by atoms with Gasteiger partial charge < -0.3 is 10.1 Å². The van der Waals surface area contributed by atoms with Crippen molar-refractivity contribution in [1.82, 2.24) is 20.6 Å². The summed E-state index contributed by atoms with van der Waals surface area (Å²) >= 11 is 0. The molecule has 1 aromatic carbocycles. The lowest BCUT2D eigenvalue weighted by Crippen LogP contribution is -2.14. The number of hydrogen-bond donors (Lipinski definition) is 2. The van der Waals surface area contributed by atoms with Crippen molar-refractivity contribution in [3.05, 3.63) is 29.3 Å². The van der Waals surface area contributed by atoms with Gasteiger partial charge in [-0.3, -0.25) is 4.79 Å². The average Bonchev–Trinajstić information content (AvgIpc) is 3.19. The number of hydrogen-bond acceptors (Lipinski definition) is 5. The highest BCUT2D eigenvalue weighted by Crippen LogP contribution is 2.32. The van der Waals surface area contributed by atoms with Gasteiger partial charge in [0.05, 0.1) is 11.7 Å². The molecule has 1 amide bonds. The Morgan fingerprint density at radius 1 is 1.33 bits per heavy atom. The lowest BCUT2D eigenvalue weighted by Gasteiger charge is -2.14. The molecule has 0 radical (unpaired) electrons. The van der Waals surface area contributed by atoms with E-state index in [1.165, 1.54) is 5.57 Å². The van der Waals surface area contributed by atoms with Crippen LogP contribution in [0.4, 0.5) is 5.69 Å². The summed E-state index contributed by atoms with van der Waals surface area (Å²) in [4.78, 5) is 12.4. The van der Waals surface area contributed by atoms with Gasteiger partial charge in [0.1, 0.15) is 5.75 Å². The maximum Gasteiger partial charge on any atom is 0.251 e. The van der Waals surface area contributed by atoms with Gasteiger partial charge in [-0.05, 0) is 63.4 Å². The van der Waals surface area contributed by atoms with E-state index in [1.54, 1.807) is 0 Å². The monoisotopic (exact) mass is 327 g/mol. The molecule has 0 fully saturated rings. The lowest BCUT2D eigenvalue weighted by molar-refractivity contribution is -0.113. The number of amides is 1. The zero-order valence-electron chi connectivity index (χ0n) is 14.1. The lowest BCUT2D eigenvalue weighted by atomic mass is 10.1. The molecule has 0 aliphatic heterocycles. The molecule has 0 spiro atoms. The minimum atomic E-state index is -0.0402. The number of anilines is 1. The summed E-state index contributed by atoms with van der Waals surface area (Å²) in [5, 5.41) is 17.0. The quantitative estimate of drug-likeness (QED) is 0.880. The standard InChI is InChI=1S/C17H21N5O2/c1-10(2)24-15-8-7-12(9-14(15)16-19-21-22-20-16)18-17(23)13-6-4-5-11(13)3/h7-10H,4-6H2,1-3H3,(H,18,23)(H,19,20,21,22). The van der Waals surface area contributed by atoms with Crippen LogP contribution in [-0.4, -0.2) is 32.6 Å². The van der Waals surface area contributed by atoms with Gasteiger partial charge in [-0.2, -0.15) is 5.21 Å². The molecule has 0 unspecified atom stereocenters. The SMILES string of the molecule is CC1=C(C(=O)Nc2ccc(OC(C)C)c(-c3nn[nH]n3)c2)CCC1. The fourth-order valence-corrected chi connectivity index (χ4v) is 2.82. The Bertz CT molecular complexity index is 765. The van der Waals surface area contributed by atoms with Crippen LogP contribution in [-0.2, 0) is 4.79 Å². The van der Waals surface area contributed by atoms with Crippen molar-refractivity contribution in [3.8, 4) is 17.1 Å². The van der Waals surface area contributed by atoms with Gasteiger partial charge >= 0.3 is 0 Å². The number of aromatic amines is 1. The highest BCUT2D eigenvalue weighted by atomic mass is 16.5. The molecule has 0 bridgehead atoms. The van der Waals surface area contributed by atoms with E-state index < -0.39 is 0 Å². The first kappa shape index (κ1) is 16.2. The fourth-order valence-electron chi connectivity index (χ4n) is 2.82. The van der Waals surface area contributed by atoms with Crippen molar-refractivity contribution in [1.29, 1.82) is 0 Å². The first-order valence-corrected chi connectivity index (χ1v) is 8.09. The number of tetrazole rings is 1. The zero-order valence-corrected chi connectivity index (χ0v) is 14.1. The summed E-state index contributed by atoms with van der Waals surface area (Å²) in [6.07, 6.45) is 2.90. The second-order valence-corrected chi connectivity index (χ2v) is 6.18. The molecule has 1 aliphatic carbocycles. The third-order valence-corrected chi connectivity index (χ3v) is 3.95. The molecule has 126 valence electrons. The van der Waals surface area contributed by atoms with Crippen molar-refractivity contribution in [3.63, 3.8) is 0 Å². The van der Waals surface area contributed by atoms with E-state index in [0.717, 1.165) is 24.8 Å². The smallest absolute Gasteiger partial charge is 0.251 e. The summed E-state index contributed by atoms with van der Waals surface area (Å²) in [5.41, 5.74) is 3.43. The molecule has 3 rings (SSSR count). The number of nitrogens with one attached hydrogen (secondary N) is 2. The van der Waals surface area contributed by atoms with Crippen LogP contribution in [0.2, 0.25) is 0 Å². The highest BCUT2D eigenvalue weighted by Gasteiger charge is 2.19. The molecule has 0 saturated heterocycles. The van der Waals surface area contributed by atoms with Gasteiger partial charge in [0, 0.05) is 11.3 Å². The Kier molecular flexibility index (Phi) is 4.59. The van der Waals surface area contributed by atoms with E-state index in [0.29, 0.717) is 22.8 Å². The van der Waals surface area contributed by atoms with Crippen molar-refractivity contribution < 1.29 is 9.53 Å². The number of aromatic nitrogens is 4. The Balaban J connectivity index is 1.88. The van der Waals surface area contributed by atoms with Crippen LogP contribution in [0.3, 0.4) is 0 Å². The van der Waals surface area contributed by atoms with Gasteiger partial charge in [0.15, 0.2) is 0 Å². The van der Waals surface area contributed by atoms with E-state index >= 15 is 0 Å². The molecular formula is C17H21N5O2. The summed E-state index contributed by atoms with van der Waals surface area (Å²) in [7, 11) is 0. The van der Waals surface area contributed by atoms with Crippen molar-refractivity contribution in [2.45, 2.75) is 46.1 Å². The molecule has 2 N–H and O–H groups in total. The molecule has 24 heavy (non-hydrogen) atoms. The van der Waals surface area contributed by atoms with Crippen molar-refractivity contribution in [2.24, 2.45) is 0 Å². The second-order valence-electron chi connectivity index (χ2n) is 6.18. The Morgan fingerprint density at radius 3 is 2.79 bits per heavy atom. The van der Waals surface area contributed by atoms with Crippen LogP contribution in [0.5, 0.6) is 5.75 Å². The molecule has 1 aromatic heterocycles. The van der Waals surface area contributed by atoms with E-state index in [-0.39, 0.29) is 12.0 Å². The maximum atomic E-state index is 12.4. The molecule has 0 saturated carbocycles. The van der Waals surface area contributed by atoms with Crippen LogP contribution < -0.4 is 10.1 Å². The first-order valence-electron chi connectivity index (χ1n) is 8.09. The molecule has 2 aromatic rings. The van der Waals surface area contributed by atoms with Crippen molar-refractivity contribution >= 4 is 11.6 Å². The Hall–Kier alpha value is -2.70. The summed E-state index contributed by atoms with van der Waals surface area (Å²) in [5.74, 6) is 1.04. The highest BCUT2D eigenvalue weighted by molar-refractivity contribution is 6.04. The van der Waals surface area contributed by atoms with Crippen LogP contribution in [0.25, 0.3) is 11.4 Å². The second kappa shape index (κ2) is 6.82. The minimum Gasteiger partial charge on any atom is -0.490 e. The molecule has 0 atom stereocenters. The van der Waals surface area contributed by atoms with E-state index in [2.05, 4.69) is 25.9 Å². The van der Waals surface area contributed by atoms with Gasteiger partial charge in [-0.15, -0.1) is 10.2 Å². The summed E-state index contributed by atoms with van der Waals surface area (Å²) in [6, 6.07) is 5.45. The van der Waals surface area contributed by atoms with Crippen LogP contribution in [0, 0.1) is 0 Å². The Morgan fingerprint density at radius 2 is 2.17 bits per heavy atom. The number of rotatable bonds is 5. The third kappa shape index (κ3) is 3.45. The van der Waals surface area contributed by atoms with Gasteiger partial charge in [0.2, 0.25) is 5.82 Å². The normalized spacial score (nSPS) is 14.3. The molecule has 1 heterocycles. The maximum absolute atomic E-state index is 12.4. The van der Waals surface area contributed by atoms with Crippen molar-refractivity contribution in [2.75, 3.05) is 5.32 Å². The van der Waals surface area contributed by atoms with Gasteiger partial charge in [0.25, 0.3) is 5.91 Å². The van der Waals surface area contributed by atoms with Gasteiger partial charge in [-0.1, -0.05) is 5.57 Å². The largest absolute Gasteiger partial charge is 0.490 e. The summed E-state index contributed by atoms with van der Waals surface area (Å²) in [6.45, 7) is 5.92. The molecule has 7 heteroatoms. The van der Waals surface area contributed by atoms with E-state index in [9.17, 15) is 4.79 Å². The number of carbonyl (C=O) groups excluding carboxylic acids is 1. The molecule has 1 aliphatic rings. The number of allylic oxidation sites excluding steroid dienone is 1. The number of ether oxygens (including phenoxy) is 1. The Labute approximate surface area is 140 Å². The van der Waals surface area contributed by atoms with Crippen LogP contribution >= 0.6 is 0 Å². The summed E-state index contributed by atoms with van der Waals surface area (Å²) < 4.78 is 5.80. The number of nitrogens with zero attached hydrogens (tertiary/aromatic N) is 3. The first-order chi connectivity index (χ1) is 11.5. The van der Waals surface area contributed by atoms with E-state index in [1.807, 2.05) is 39.0 Å².